The van der Waals surface area contributed by atoms with Gasteiger partial charge < -0.3 is 4.74 Å². The summed E-state index contributed by atoms with van der Waals surface area (Å²) in [5, 5.41) is 0. The minimum atomic E-state index is -0.252. The zero-order valence-corrected chi connectivity index (χ0v) is 8.77. The maximum absolute atomic E-state index is 12.8. The fourth-order valence-electron chi connectivity index (χ4n) is 1.32. The molecule has 0 saturated heterocycles. The third-order valence-corrected chi connectivity index (χ3v) is 3.30. The first-order chi connectivity index (χ1) is 6.74. The summed E-state index contributed by atoms with van der Waals surface area (Å²) in [5.41, 5.74) is 0.259. The van der Waals surface area contributed by atoms with Gasteiger partial charge in [0, 0.05) is 11.5 Å². The molecular weight excluding hydrogens is 199 g/mol. The number of benzene rings is 1. The highest BCUT2D eigenvalue weighted by atomic mass is 32.1. The van der Waals surface area contributed by atoms with E-state index in [9.17, 15) is 4.39 Å². The Morgan fingerprint density at radius 3 is 2.79 bits per heavy atom. The topological polar surface area (TPSA) is 9.23 Å². The van der Waals surface area contributed by atoms with Gasteiger partial charge in [0.05, 0.1) is 6.61 Å². The lowest BCUT2D eigenvalue weighted by Gasteiger charge is -2.13. The van der Waals surface area contributed by atoms with Gasteiger partial charge in [0.2, 0.25) is 0 Å². The summed E-state index contributed by atoms with van der Waals surface area (Å²) < 4.78 is 18.3. The third kappa shape index (κ3) is 2.21. The maximum Gasteiger partial charge on any atom is 0.126 e. The molecular formula is C11H13FOS. The van der Waals surface area contributed by atoms with Gasteiger partial charge in [0.1, 0.15) is 11.6 Å². The normalized spacial score (nSPS) is 17.9. The second-order valence-corrected chi connectivity index (χ2v) is 4.22. The van der Waals surface area contributed by atoms with E-state index >= 15 is 0 Å². The summed E-state index contributed by atoms with van der Waals surface area (Å²) in [6.07, 6.45) is 2.34. The van der Waals surface area contributed by atoms with Crippen molar-refractivity contribution >= 4 is 12.6 Å². The monoisotopic (exact) mass is 212 g/mol. The molecule has 0 aliphatic heterocycles. The van der Waals surface area contributed by atoms with Crippen LogP contribution >= 0.6 is 12.6 Å². The molecule has 1 aliphatic carbocycles. The van der Waals surface area contributed by atoms with Crippen LogP contribution in [0.2, 0.25) is 0 Å². The molecule has 0 spiro atoms. The first kappa shape index (κ1) is 9.84. The number of rotatable bonds is 4. The van der Waals surface area contributed by atoms with Crippen molar-refractivity contribution in [2.24, 2.45) is 5.41 Å². The summed E-state index contributed by atoms with van der Waals surface area (Å²) in [5.74, 6) is 1.21. The molecule has 0 N–H and O–H groups in total. The van der Waals surface area contributed by atoms with E-state index in [1.54, 1.807) is 12.1 Å². The Bertz CT molecular complexity index is 323. The molecule has 14 heavy (non-hydrogen) atoms. The second kappa shape index (κ2) is 3.81. The molecule has 2 rings (SSSR count). The van der Waals surface area contributed by atoms with Gasteiger partial charge in [-0.05, 0) is 30.7 Å². The molecule has 3 heteroatoms. The number of hydrogen-bond donors (Lipinski definition) is 1. The lowest BCUT2D eigenvalue weighted by atomic mass is 10.2. The van der Waals surface area contributed by atoms with E-state index in [2.05, 4.69) is 12.6 Å². The van der Waals surface area contributed by atoms with Gasteiger partial charge >= 0.3 is 0 Å². The van der Waals surface area contributed by atoms with E-state index in [-0.39, 0.29) is 11.2 Å². The quantitative estimate of drug-likeness (QED) is 0.755. The van der Waals surface area contributed by atoms with Crippen LogP contribution in [-0.4, -0.2) is 12.4 Å². The summed E-state index contributed by atoms with van der Waals surface area (Å²) in [6, 6.07) is 6.26. The van der Waals surface area contributed by atoms with Crippen molar-refractivity contribution < 1.29 is 9.13 Å². The summed E-state index contributed by atoms with van der Waals surface area (Å²) in [7, 11) is 0. The van der Waals surface area contributed by atoms with Crippen LogP contribution in [0, 0.1) is 11.2 Å². The van der Waals surface area contributed by atoms with Crippen molar-refractivity contribution in [2.45, 2.75) is 12.8 Å². The van der Waals surface area contributed by atoms with E-state index in [0.717, 1.165) is 5.75 Å². The van der Waals surface area contributed by atoms with Crippen molar-refractivity contribution in [2.75, 3.05) is 12.4 Å². The molecule has 1 aliphatic rings. The summed E-state index contributed by atoms with van der Waals surface area (Å²) in [4.78, 5) is 0. The van der Waals surface area contributed by atoms with Crippen LogP contribution in [0.15, 0.2) is 24.3 Å². The van der Waals surface area contributed by atoms with E-state index in [4.69, 9.17) is 4.74 Å². The lowest BCUT2D eigenvalue weighted by Crippen LogP contribution is -2.14. The van der Waals surface area contributed by atoms with Crippen LogP contribution in [0.25, 0.3) is 0 Å². The first-order valence-electron chi connectivity index (χ1n) is 4.73. The van der Waals surface area contributed by atoms with Crippen molar-refractivity contribution in [1.29, 1.82) is 0 Å². The number of ether oxygens (including phenoxy) is 1. The number of halogens is 1. The summed E-state index contributed by atoms with van der Waals surface area (Å²) in [6.45, 7) is 0.653. The molecule has 76 valence electrons. The third-order valence-electron chi connectivity index (χ3n) is 2.63. The van der Waals surface area contributed by atoms with Crippen LogP contribution in [0.5, 0.6) is 5.75 Å². The van der Waals surface area contributed by atoms with E-state index in [1.165, 1.54) is 25.0 Å². The zero-order chi connectivity index (χ0) is 10.0. The van der Waals surface area contributed by atoms with Crippen molar-refractivity contribution in [3.05, 3.63) is 30.1 Å². The van der Waals surface area contributed by atoms with E-state index in [0.29, 0.717) is 12.4 Å². The number of hydrogen-bond acceptors (Lipinski definition) is 2. The van der Waals surface area contributed by atoms with Gasteiger partial charge in [-0.3, -0.25) is 0 Å². The first-order valence-corrected chi connectivity index (χ1v) is 5.37. The van der Waals surface area contributed by atoms with Crippen molar-refractivity contribution in [1.82, 2.24) is 0 Å². The van der Waals surface area contributed by atoms with Crippen LogP contribution in [-0.2, 0) is 0 Å². The summed E-state index contributed by atoms with van der Waals surface area (Å²) >= 11 is 4.28. The molecule has 1 fully saturated rings. The maximum atomic E-state index is 12.8. The van der Waals surface area contributed by atoms with Crippen molar-refractivity contribution in [3.8, 4) is 5.75 Å². The smallest absolute Gasteiger partial charge is 0.126 e. The van der Waals surface area contributed by atoms with E-state index < -0.39 is 0 Å². The molecule has 0 bridgehead atoms. The minimum Gasteiger partial charge on any atom is -0.493 e. The SMILES string of the molecule is Fc1cccc(OCC2(CS)CC2)c1. The van der Waals surface area contributed by atoms with Gasteiger partial charge in [-0.2, -0.15) is 12.6 Å². The van der Waals surface area contributed by atoms with E-state index in [1.807, 2.05) is 0 Å². The Morgan fingerprint density at radius 2 is 2.21 bits per heavy atom. The van der Waals surface area contributed by atoms with Crippen LogP contribution in [0.1, 0.15) is 12.8 Å². The van der Waals surface area contributed by atoms with Gasteiger partial charge in [-0.25, -0.2) is 4.39 Å². The Hall–Kier alpha value is -0.700. The predicted molar refractivity (Wildman–Crippen MR) is 57.4 cm³/mol. The lowest BCUT2D eigenvalue weighted by molar-refractivity contribution is 0.250. The Labute approximate surface area is 88.7 Å². The Morgan fingerprint density at radius 1 is 1.43 bits per heavy atom. The van der Waals surface area contributed by atoms with Crippen LogP contribution in [0.3, 0.4) is 0 Å². The van der Waals surface area contributed by atoms with Gasteiger partial charge in [-0.1, -0.05) is 6.07 Å². The largest absolute Gasteiger partial charge is 0.493 e. The molecule has 0 atom stereocenters. The average Bonchev–Trinajstić information content (AvgIpc) is 2.96. The molecule has 1 nitrogen and oxygen atoms in total. The molecule has 1 aromatic rings. The molecule has 0 aromatic heterocycles. The zero-order valence-electron chi connectivity index (χ0n) is 7.87. The highest BCUT2D eigenvalue weighted by Crippen LogP contribution is 2.46. The molecule has 0 unspecified atom stereocenters. The highest BCUT2D eigenvalue weighted by Gasteiger charge is 2.42. The molecule has 0 amide bonds. The van der Waals surface area contributed by atoms with Crippen LogP contribution < -0.4 is 4.74 Å². The molecule has 1 aromatic carbocycles. The van der Waals surface area contributed by atoms with Gasteiger partial charge in [0.15, 0.2) is 0 Å². The molecule has 1 saturated carbocycles. The van der Waals surface area contributed by atoms with Gasteiger partial charge in [-0.15, -0.1) is 0 Å². The molecule has 0 heterocycles. The second-order valence-electron chi connectivity index (χ2n) is 3.90. The van der Waals surface area contributed by atoms with Crippen LogP contribution in [0.4, 0.5) is 4.39 Å². The minimum absolute atomic E-state index is 0.252. The molecule has 0 radical (unpaired) electrons. The highest BCUT2D eigenvalue weighted by molar-refractivity contribution is 7.80. The Balaban J connectivity index is 1.92. The standard InChI is InChI=1S/C11H13FOS/c12-9-2-1-3-10(6-9)13-7-11(8-14)4-5-11/h1-3,6,14H,4-5,7-8H2. The average molecular weight is 212 g/mol. The fraction of sp³-hybridized carbons (Fsp3) is 0.455. The number of thiol groups is 1. The Kier molecular flexibility index (Phi) is 2.68. The predicted octanol–water partition coefficient (Wildman–Crippen LogP) is 2.91. The van der Waals surface area contributed by atoms with Crippen molar-refractivity contribution in [3.63, 3.8) is 0 Å². The fourth-order valence-corrected chi connectivity index (χ4v) is 1.73. The van der Waals surface area contributed by atoms with Gasteiger partial charge in [0.25, 0.3) is 0 Å².